The summed E-state index contributed by atoms with van der Waals surface area (Å²) in [6.07, 6.45) is 3.33. The molecule has 1 saturated heterocycles. The molecule has 114 valence electrons. The Bertz CT molecular complexity index is 598. The van der Waals surface area contributed by atoms with Gasteiger partial charge < -0.3 is 10.4 Å². The molecule has 1 fully saturated rings. The molecule has 1 aliphatic heterocycles. The first-order chi connectivity index (χ1) is 10.3. The lowest BCUT2D eigenvalue weighted by Crippen LogP contribution is -2.35. The number of aromatic nitrogens is 2. The molecule has 2 N–H and O–H groups in total. The van der Waals surface area contributed by atoms with E-state index in [0.717, 1.165) is 47.9 Å². The molecule has 2 aromatic heterocycles. The standard InChI is InChI=1S/C15H22N4OS/c1-16-14-12-5-8-21-15(12)18-13(17-14)10-19-6-2-3-11(9-19)4-7-20/h5,8,11,20H,2-4,6-7,9-10H2,1H3,(H,16,17,18). The number of likely N-dealkylation sites (tertiary alicyclic amines) is 1. The first-order valence-electron chi connectivity index (χ1n) is 7.55. The van der Waals surface area contributed by atoms with Gasteiger partial charge in [-0.2, -0.15) is 0 Å². The van der Waals surface area contributed by atoms with Gasteiger partial charge >= 0.3 is 0 Å². The summed E-state index contributed by atoms with van der Waals surface area (Å²) in [6.45, 7) is 3.23. The molecule has 5 nitrogen and oxygen atoms in total. The number of hydrogen-bond donors (Lipinski definition) is 2. The van der Waals surface area contributed by atoms with E-state index in [4.69, 9.17) is 5.11 Å². The van der Waals surface area contributed by atoms with E-state index in [2.05, 4.69) is 31.6 Å². The lowest BCUT2D eigenvalue weighted by Gasteiger charge is -2.31. The zero-order valence-corrected chi connectivity index (χ0v) is 13.2. The van der Waals surface area contributed by atoms with Crippen LogP contribution < -0.4 is 5.32 Å². The summed E-state index contributed by atoms with van der Waals surface area (Å²) in [7, 11) is 1.90. The Hall–Kier alpha value is -1.24. The third kappa shape index (κ3) is 3.33. The molecular weight excluding hydrogens is 284 g/mol. The van der Waals surface area contributed by atoms with Crippen LogP contribution in [-0.4, -0.2) is 46.7 Å². The van der Waals surface area contributed by atoms with Crippen LogP contribution in [0.15, 0.2) is 11.4 Å². The van der Waals surface area contributed by atoms with Gasteiger partial charge in [0.2, 0.25) is 0 Å². The topological polar surface area (TPSA) is 61.3 Å². The van der Waals surface area contributed by atoms with Gasteiger partial charge in [-0.1, -0.05) is 0 Å². The van der Waals surface area contributed by atoms with Crippen molar-refractivity contribution in [3.8, 4) is 0 Å². The van der Waals surface area contributed by atoms with E-state index in [1.54, 1.807) is 11.3 Å². The zero-order valence-electron chi connectivity index (χ0n) is 12.4. The minimum absolute atomic E-state index is 0.292. The van der Waals surface area contributed by atoms with E-state index in [9.17, 15) is 0 Å². The van der Waals surface area contributed by atoms with E-state index < -0.39 is 0 Å². The van der Waals surface area contributed by atoms with E-state index in [0.29, 0.717) is 12.5 Å². The molecule has 0 aliphatic carbocycles. The van der Waals surface area contributed by atoms with Crippen LogP contribution in [-0.2, 0) is 6.54 Å². The number of aliphatic hydroxyl groups excluding tert-OH is 1. The number of nitrogens with zero attached hydrogens (tertiary/aromatic N) is 3. The van der Waals surface area contributed by atoms with E-state index in [-0.39, 0.29) is 0 Å². The van der Waals surface area contributed by atoms with Gasteiger partial charge in [-0.25, -0.2) is 9.97 Å². The largest absolute Gasteiger partial charge is 0.396 e. The highest BCUT2D eigenvalue weighted by Crippen LogP contribution is 2.26. The Kier molecular flexibility index (Phi) is 4.67. The van der Waals surface area contributed by atoms with Crippen LogP contribution >= 0.6 is 11.3 Å². The van der Waals surface area contributed by atoms with Gasteiger partial charge in [0.15, 0.2) is 0 Å². The minimum Gasteiger partial charge on any atom is -0.396 e. The van der Waals surface area contributed by atoms with Gasteiger partial charge in [-0.3, -0.25) is 4.90 Å². The van der Waals surface area contributed by atoms with E-state index >= 15 is 0 Å². The smallest absolute Gasteiger partial charge is 0.146 e. The molecule has 2 aromatic rings. The Balaban J connectivity index is 1.75. The van der Waals surface area contributed by atoms with Crippen molar-refractivity contribution in [1.29, 1.82) is 0 Å². The van der Waals surface area contributed by atoms with Crippen LogP contribution in [0.4, 0.5) is 5.82 Å². The van der Waals surface area contributed by atoms with Crippen molar-refractivity contribution in [2.75, 3.05) is 32.1 Å². The summed E-state index contributed by atoms with van der Waals surface area (Å²) in [5, 5.41) is 15.4. The molecule has 0 radical (unpaired) electrons. The average Bonchev–Trinajstić information content (AvgIpc) is 2.95. The maximum absolute atomic E-state index is 9.11. The average molecular weight is 306 g/mol. The van der Waals surface area contributed by atoms with Crippen molar-refractivity contribution in [3.63, 3.8) is 0 Å². The van der Waals surface area contributed by atoms with Crippen molar-refractivity contribution in [2.24, 2.45) is 5.92 Å². The summed E-state index contributed by atoms with van der Waals surface area (Å²) in [5.74, 6) is 2.41. The maximum Gasteiger partial charge on any atom is 0.146 e. The molecule has 0 saturated carbocycles. The van der Waals surface area contributed by atoms with Crippen LogP contribution in [0.2, 0.25) is 0 Å². The second-order valence-corrected chi connectivity index (χ2v) is 6.53. The SMILES string of the molecule is CNc1nc(CN2CCCC(CCO)C2)nc2sccc12. The highest BCUT2D eigenvalue weighted by Gasteiger charge is 2.20. The Morgan fingerprint density at radius 3 is 3.19 bits per heavy atom. The molecular formula is C15H22N4OS. The van der Waals surface area contributed by atoms with Crippen molar-refractivity contribution in [3.05, 3.63) is 17.3 Å². The first kappa shape index (κ1) is 14.7. The number of rotatable bonds is 5. The van der Waals surface area contributed by atoms with Crippen molar-refractivity contribution in [1.82, 2.24) is 14.9 Å². The van der Waals surface area contributed by atoms with Crippen molar-refractivity contribution >= 4 is 27.4 Å². The second-order valence-electron chi connectivity index (χ2n) is 5.63. The Morgan fingerprint density at radius 1 is 1.48 bits per heavy atom. The van der Waals surface area contributed by atoms with Crippen LogP contribution in [0, 0.1) is 5.92 Å². The molecule has 0 aromatic carbocycles. The number of piperidine rings is 1. The maximum atomic E-state index is 9.11. The van der Waals surface area contributed by atoms with Gasteiger partial charge in [-0.05, 0) is 43.2 Å². The number of nitrogens with one attached hydrogen (secondary N) is 1. The van der Waals surface area contributed by atoms with Gasteiger partial charge in [0, 0.05) is 20.2 Å². The van der Waals surface area contributed by atoms with Crippen LogP contribution in [0.1, 0.15) is 25.1 Å². The molecule has 0 spiro atoms. The zero-order chi connectivity index (χ0) is 14.7. The summed E-state index contributed by atoms with van der Waals surface area (Å²) >= 11 is 1.66. The lowest BCUT2D eigenvalue weighted by molar-refractivity contribution is 0.140. The monoisotopic (exact) mass is 306 g/mol. The van der Waals surface area contributed by atoms with E-state index in [1.807, 2.05) is 7.05 Å². The molecule has 0 bridgehead atoms. The predicted octanol–water partition coefficient (Wildman–Crippen LogP) is 2.33. The second kappa shape index (κ2) is 6.68. The minimum atomic E-state index is 0.292. The number of thiophene rings is 1. The Labute approximate surface area is 129 Å². The molecule has 21 heavy (non-hydrogen) atoms. The fourth-order valence-corrected chi connectivity index (χ4v) is 3.86. The van der Waals surface area contributed by atoms with Gasteiger partial charge in [0.05, 0.1) is 11.9 Å². The molecule has 1 unspecified atom stereocenters. The summed E-state index contributed by atoms with van der Waals surface area (Å²) in [4.78, 5) is 12.8. The summed E-state index contributed by atoms with van der Waals surface area (Å²) in [5.41, 5.74) is 0. The number of aliphatic hydroxyl groups is 1. The third-order valence-electron chi connectivity index (χ3n) is 4.11. The molecule has 3 rings (SSSR count). The van der Waals surface area contributed by atoms with Crippen molar-refractivity contribution in [2.45, 2.75) is 25.8 Å². The number of hydrogen-bond acceptors (Lipinski definition) is 6. The summed E-state index contributed by atoms with van der Waals surface area (Å²) in [6, 6.07) is 2.06. The number of anilines is 1. The van der Waals surface area contributed by atoms with Crippen LogP contribution in [0.5, 0.6) is 0 Å². The molecule has 6 heteroatoms. The lowest BCUT2D eigenvalue weighted by atomic mass is 9.95. The van der Waals surface area contributed by atoms with Gasteiger partial charge in [-0.15, -0.1) is 11.3 Å². The van der Waals surface area contributed by atoms with Crippen molar-refractivity contribution < 1.29 is 5.11 Å². The van der Waals surface area contributed by atoms with Crippen LogP contribution in [0.3, 0.4) is 0 Å². The van der Waals surface area contributed by atoms with Crippen LogP contribution in [0.25, 0.3) is 10.2 Å². The molecule has 1 aliphatic rings. The highest BCUT2D eigenvalue weighted by atomic mass is 32.1. The normalized spacial score (nSPS) is 20.0. The van der Waals surface area contributed by atoms with Gasteiger partial charge in [0.1, 0.15) is 16.5 Å². The first-order valence-corrected chi connectivity index (χ1v) is 8.43. The summed E-state index contributed by atoms with van der Waals surface area (Å²) < 4.78 is 0. The highest BCUT2D eigenvalue weighted by molar-refractivity contribution is 7.16. The molecule has 1 atom stereocenters. The Morgan fingerprint density at radius 2 is 2.38 bits per heavy atom. The quantitative estimate of drug-likeness (QED) is 0.888. The molecule has 0 amide bonds. The third-order valence-corrected chi connectivity index (χ3v) is 4.92. The fraction of sp³-hybridized carbons (Fsp3) is 0.600. The predicted molar refractivity (Wildman–Crippen MR) is 86.7 cm³/mol. The molecule has 3 heterocycles. The van der Waals surface area contributed by atoms with Gasteiger partial charge in [0.25, 0.3) is 0 Å². The number of fused-ring (bicyclic) bond motifs is 1. The fourth-order valence-electron chi connectivity index (χ4n) is 3.07. The van der Waals surface area contributed by atoms with E-state index in [1.165, 1.54) is 12.8 Å².